The number of hydrogen-bond acceptors (Lipinski definition) is 4. The van der Waals surface area contributed by atoms with Gasteiger partial charge in [0, 0.05) is 7.05 Å². The number of rotatable bonds is 8. The van der Waals surface area contributed by atoms with Crippen LogP contribution in [0.3, 0.4) is 0 Å². The van der Waals surface area contributed by atoms with E-state index in [1.807, 2.05) is 31.2 Å². The normalized spacial score (nSPS) is 10.5. The minimum atomic E-state index is -0.326. The number of halogens is 1. The Balaban J connectivity index is 1.47. The zero-order valence-corrected chi connectivity index (χ0v) is 15.9. The molecule has 28 heavy (non-hydrogen) atoms. The lowest BCUT2D eigenvalue weighted by atomic mass is 10.2. The molecule has 0 saturated heterocycles. The van der Waals surface area contributed by atoms with Crippen LogP contribution < -0.4 is 9.47 Å². The van der Waals surface area contributed by atoms with Crippen LogP contribution >= 0.6 is 0 Å². The van der Waals surface area contributed by atoms with Crippen LogP contribution in [0.4, 0.5) is 4.39 Å². The van der Waals surface area contributed by atoms with Gasteiger partial charge in [0.05, 0.1) is 6.54 Å². The molecule has 1 amide bonds. The Hall–Kier alpha value is -3.28. The number of furan rings is 1. The highest BCUT2D eigenvalue weighted by atomic mass is 19.1. The fraction of sp³-hybridized carbons (Fsp3) is 0.227. The molecule has 0 fully saturated rings. The van der Waals surface area contributed by atoms with Crippen LogP contribution in [0.25, 0.3) is 0 Å². The van der Waals surface area contributed by atoms with Gasteiger partial charge in [-0.25, -0.2) is 4.39 Å². The topological polar surface area (TPSA) is 51.9 Å². The molecule has 3 aromatic rings. The predicted octanol–water partition coefficient (Wildman–Crippen LogP) is 4.46. The van der Waals surface area contributed by atoms with Crippen molar-refractivity contribution in [2.24, 2.45) is 0 Å². The molecule has 1 aromatic heterocycles. The minimum Gasteiger partial charge on any atom is -0.492 e. The van der Waals surface area contributed by atoms with Crippen molar-refractivity contribution in [1.82, 2.24) is 4.90 Å². The number of likely N-dealkylation sites (N-methyl/N-ethyl adjacent to an activating group) is 1. The van der Waals surface area contributed by atoms with Gasteiger partial charge in [-0.3, -0.25) is 4.79 Å². The van der Waals surface area contributed by atoms with Gasteiger partial charge in [-0.1, -0.05) is 12.1 Å². The summed E-state index contributed by atoms with van der Waals surface area (Å²) in [6.45, 7) is 2.96. The Morgan fingerprint density at radius 2 is 1.82 bits per heavy atom. The summed E-state index contributed by atoms with van der Waals surface area (Å²) in [5.41, 5.74) is 1.12. The van der Waals surface area contributed by atoms with Crippen molar-refractivity contribution in [3.63, 3.8) is 0 Å². The number of carbonyl (C=O) groups is 1. The van der Waals surface area contributed by atoms with Gasteiger partial charge in [0.2, 0.25) is 0 Å². The molecule has 0 aliphatic carbocycles. The fourth-order valence-corrected chi connectivity index (χ4v) is 2.55. The first-order chi connectivity index (χ1) is 13.5. The summed E-state index contributed by atoms with van der Waals surface area (Å²) < 4.78 is 29.6. The van der Waals surface area contributed by atoms with E-state index in [0.717, 1.165) is 11.3 Å². The fourth-order valence-electron chi connectivity index (χ4n) is 2.55. The Morgan fingerprint density at radius 1 is 1.04 bits per heavy atom. The summed E-state index contributed by atoms with van der Waals surface area (Å²) in [6, 6.07) is 16.8. The maximum Gasteiger partial charge on any atom is 0.289 e. The monoisotopic (exact) mass is 383 g/mol. The summed E-state index contributed by atoms with van der Waals surface area (Å²) in [5.74, 6) is 1.48. The molecule has 0 atom stereocenters. The molecule has 1 heterocycles. The van der Waals surface area contributed by atoms with Crippen LogP contribution in [-0.2, 0) is 6.61 Å². The zero-order chi connectivity index (χ0) is 19.9. The van der Waals surface area contributed by atoms with E-state index in [2.05, 4.69) is 0 Å². The number of aryl methyl sites for hydroxylation is 1. The van der Waals surface area contributed by atoms with Crippen LogP contribution in [-0.4, -0.2) is 31.0 Å². The number of amides is 1. The van der Waals surface area contributed by atoms with E-state index in [4.69, 9.17) is 13.9 Å². The van der Waals surface area contributed by atoms with Crippen molar-refractivity contribution >= 4 is 5.91 Å². The molecule has 0 saturated carbocycles. The Kier molecular flexibility index (Phi) is 6.32. The Bertz CT molecular complexity index is 920. The van der Waals surface area contributed by atoms with E-state index in [9.17, 15) is 9.18 Å². The quantitative estimate of drug-likeness (QED) is 0.576. The van der Waals surface area contributed by atoms with Gasteiger partial charge in [-0.15, -0.1) is 0 Å². The molecule has 0 N–H and O–H groups in total. The molecular weight excluding hydrogens is 361 g/mol. The average Bonchev–Trinajstić information content (AvgIpc) is 3.16. The van der Waals surface area contributed by atoms with E-state index in [1.165, 1.54) is 24.3 Å². The van der Waals surface area contributed by atoms with Crippen molar-refractivity contribution in [2.45, 2.75) is 13.5 Å². The molecule has 146 valence electrons. The van der Waals surface area contributed by atoms with Gasteiger partial charge in [0.1, 0.15) is 36.3 Å². The largest absolute Gasteiger partial charge is 0.492 e. The van der Waals surface area contributed by atoms with Crippen LogP contribution in [0.2, 0.25) is 0 Å². The first-order valence-corrected chi connectivity index (χ1v) is 8.93. The lowest BCUT2D eigenvalue weighted by Gasteiger charge is -2.16. The van der Waals surface area contributed by atoms with Crippen molar-refractivity contribution in [2.75, 3.05) is 20.2 Å². The number of hydrogen-bond donors (Lipinski definition) is 0. The number of ether oxygens (including phenoxy) is 2. The molecule has 2 aromatic carbocycles. The van der Waals surface area contributed by atoms with E-state index in [0.29, 0.717) is 24.7 Å². The molecule has 0 radical (unpaired) electrons. The molecule has 6 heteroatoms. The van der Waals surface area contributed by atoms with E-state index < -0.39 is 0 Å². The van der Waals surface area contributed by atoms with Crippen molar-refractivity contribution in [1.29, 1.82) is 0 Å². The Labute approximate surface area is 163 Å². The van der Waals surface area contributed by atoms with E-state index in [-0.39, 0.29) is 24.1 Å². The van der Waals surface area contributed by atoms with E-state index in [1.54, 1.807) is 24.1 Å². The molecule has 0 aliphatic rings. The summed E-state index contributed by atoms with van der Waals surface area (Å²) >= 11 is 0. The number of benzene rings is 2. The third-order valence-corrected chi connectivity index (χ3v) is 4.10. The first kappa shape index (κ1) is 19.5. The highest BCUT2D eigenvalue weighted by Crippen LogP contribution is 2.16. The average molecular weight is 383 g/mol. The summed E-state index contributed by atoms with van der Waals surface area (Å²) in [6.07, 6.45) is 0. The van der Waals surface area contributed by atoms with Gasteiger partial charge in [-0.2, -0.15) is 0 Å². The highest BCUT2D eigenvalue weighted by molar-refractivity contribution is 5.91. The smallest absolute Gasteiger partial charge is 0.289 e. The van der Waals surface area contributed by atoms with Crippen LogP contribution in [0.1, 0.15) is 21.9 Å². The molecule has 0 spiro atoms. The van der Waals surface area contributed by atoms with Crippen molar-refractivity contribution in [3.05, 3.63) is 83.6 Å². The van der Waals surface area contributed by atoms with E-state index >= 15 is 0 Å². The van der Waals surface area contributed by atoms with Crippen molar-refractivity contribution in [3.8, 4) is 11.5 Å². The van der Waals surface area contributed by atoms with Gasteiger partial charge >= 0.3 is 0 Å². The molecule has 0 aliphatic heterocycles. The summed E-state index contributed by atoms with van der Waals surface area (Å²) in [7, 11) is 1.69. The summed E-state index contributed by atoms with van der Waals surface area (Å²) in [4.78, 5) is 14.0. The minimum absolute atomic E-state index is 0.152. The second-order valence-electron chi connectivity index (χ2n) is 6.40. The maximum atomic E-state index is 12.9. The second kappa shape index (κ2) is 9.08. The lowest BCUT2D eigenvalue weighted by molar-refractivity contribution is 0.0738. The third kappa shape index (κ3) is 5.36. The zero-order valence-electron chi connectivity index (χ0n) is 15.9. The standard InChI is InChI=1S/C22H22FNO4/c1-16-4-3-5-19(14-16)26-13-12-24(2)22(25)21-11-10-20(28-21)15-27-18-8-6-17(23)7-9-18/h3-11,14H,12-13,15H2,1-2H3. The highest BCUT2D eigenvalue weighted by Gasteiger charge is 2.16. The van der Waals surface area contributed by atoms with Gasteiger partial charge in [0.15, 0.2) is 5.76 Å². The van der Waals surface area contributed by atoms with Crippen LogP contribution in [0, 0.1) is 12.7 Å². The molecule has 5 nitrogen and oxygen atoms in total. The molecule has 0 bridgehead atoms. The predicted molar refractivity (Wildman–Crippen MR) is 103 cm³/mol. The van der Waals surface area contributed by atoms with Gasteiger partial charge < -0.3 is 18.8 Å². The molecular formula is C22H22FNO4. The second-order valence-corrected chi connectivity index (χ2v) is 6.40. The van der Waals surface area contributed by atoms with Crippen molar-refractivity contribution < 1.29 is 23.1 Å². The SMILES string of the molecule is Cc1cccc(OCCN(C)C(=O)c2ccc(COc3ccc(F)cc3)o2)c1. The maximum absolute atomic E-state index is 12.9. The van der Waals surface area contributed by atoms with Gasteiger partial charge in [0.25, 0.3) is 5.91 Å². The van der Waals surface area contributed by atoms with Crippen LogP contribution in [0.15, 0.2) is 65.1 Å². The number of nitrogens with zero attached hydrogens (tertiary/aromatic N) is 1. The Morgan fingerprint density at radius 3 is 2.57 bits per heavy atom. The molecule has 0 unspecified atom stereocenters. The molecule has 3 rings (SSSR count). The van der Waals surface area contributed by atoms with Gasteiger partial charge in [-0.05, 0) is 61.0 Å². The van der Waals surface area contributed by atoms with Crippen LogP contribution in [0.5, 0.6) is 11.5 Å². The first-order valence-electron chi connectivity index (χ1n) is 8.93. The third-order valence-electron chi connectivity index (χ3n) is 4.10. The summed E-state index contributed by atoms with van der Waals surface area (Å²) in [5, 5.41) is 0. The number of carbonyl (C=O) groups excluding carboxylic acids is 1. The lowest BCUT2D eigenvalue weighted by Crippen LogP contribution is -2.30.